The van der Waals surface area contributed by atoms with Crippen LogP contribution in [0.4, 0.5) is 21.5 Å². The quantitative estimate of drug-likeness (QED) is 0.767. The van der Waals surface area contributed by atoms with Gasteiger partial charge in [0.25, 0.3) is 0 Å². The number of amides is 2. The molecule has 2 aromatic rings. The van der Waals surface area contributed by atoms with Gasteiger partial charge in [-0.1, -0.05) is 17.7 Å². The van der Waals surface area contributed by atoms with Crippen LogP contribution in [0.3, 0.4) is 0 Å². The second-order valence-electron chi connectivity index (χ2n) is 5.24. The van der Waals surface area contributed by atoms with Gasteiger partial charge in [-0.2, -0.15) is 0 Å². The van der Waals surface area contributed by atoms with Crippen LogP contribution in [0.5, 0.6) is 0 Å². The molecule has 0 aromatic heterocycles. The molecule has 0 saturated heterocycles. The van der Waals surface area contributed by atoms with Gasteiger partial charge in [0.15, 0.2) is 0 Å². The maximum Gasteiger partial charge on any atom is 0.246 e. The minimum Gasteiger partial charge on any atom is -0.374 e. The van der Waals surface area contributed by atoms with E-state index in [1.165, 1.54) is 19.1 Å². The predicted octanol–water partition coefficient (Wildman–Crippen LogP) is 3.88. The van der Waals surface area contributed by atoms with E-state index in [1.54, 1.807) is 31.2 Å². The maximum atomic E-state index is 13.0. The first-order valence-electron chi connectivity index (χ1n) is 7.25. The number of carbonyl (C=O) groups is 2. The summed E-state index contributed by atoms with van der Waals surface area (Å²) in [4.78, 5) is 23.3. The molecule has 5 nitrogen and oxygen atoms in total. The third-order valence-electron chi connectivity index (χ3n) is 3.15. The fraction of sp³-hybridized carbons (Fsp3) is 0.176. The molecule has 3 N–H and O–H groups in total. The van der Waals surface area contributed by atoms with Gasteiger partial charge in [-0.25, -0.2) is 4.39 Å². The fourth-order valence-electron chi connectivity index (χ4n) is 2.04. The van der Waals surface area contributed by atoms with Crippen LogP contribution in [-0.4, -0.2) is 17.9 Å². The Hall–Kier alpha value is -2.60. The highest BCUT2D eigenvalue weighted by Gasteiger charge is 2.14. The Morgan fingerprint density at radius 2 is 1.79 bits per heavy atom. The molecule has 0 fully saturated rings. The van der Waals surface area contributed by atoms with E-state index < -0.39 is 11.9 Å². The summed E-state index contributed by atoms with van der Waals surface area (Å²) < 4.78 is 13.0. The first-order chi connectivity index (χ1) is 11.3. The van der Waals surface area contributed by atoms with Gasteiger partial charge in [-0.15, -0.1) is 0 Å². The molecule has 2 amide bonds. The van der Waals surface area contributed by atoms with E-state index in [0.29, 0.717) is 17.1 Å². The van der Waals surface area contributed by atoms with E-state index >= 15 is 0 Å². The van der Waals surface area contributed by atoms with Crippen molar-refractivity contribution < 1.29 is 14.0 Å². The number of anilines is 3. The minimum absolute atomic E-state index is 0.128. The predicted molar refractivity (Wildman–Crippen MR) is 93.9 cm³/mol. The van der Waals surface area contributed by atoms with Crippen molar-refractivity contribution in [1.82, 2.24) is 0 Å². The van der Waals surface area contributed by atoms with Gasteiger partial charge >= 0.3 is 0 Å². The largest absolute Gasteiger partial charge is 0.374 e. The van der Waals surface area contributed by atoms with Crippen LogP contribution in [0.15, 0.2) is 42.5 Å². The molecule has 0 unspecified atom stereocenters. The van der Waals surface area contributed by atoms with Gasteiger partial charge in [0, 0.05) is 18.3 Å². The Labute approximate surface area is 144 Å². The fourth-order valence-corrected chi connectivity index (χ4v) is 2.25. The van der Waals surface area contributed by atoms with E-state index in [1.807, 2.05) is 0 Å². The number of rotatable bonds is 5. The lowest BCUT2D eigenvalue weighted by molar-refractivity contribution is -0.116. The second kappa shape index (κ2) is 7.79. The van der Waals surface area contributed by atoms with E-state index in [9.17, 15) is 14.0 Å². The molecule has 2 aromatic carbocycles. The Morgan fingerprint density at radius 1 is 1.08 bits per heavy atom. The molecule has 2 rings (SSSR count). The number of hydrogen-bond acceptors (Lipinski definition) is 3. The monoisotopic (exact) mass is 349 g/mol. The normalized spacial score (nSPS) is 11.5. The Bertz CT molecular complexity index is 767. The highest BCUT2D eigenvalue weighted by Crippen LogP contribution is 2.23. The summed E-state index contributed by atoms with van der Waals surface area (Å²) in [6.07, 6.45) is 0. The van der Waals surface area contributed by atoms with Crippen LogP contribution >= 0.6 is 11.6 Å². The SMILES string of the molecule is CC(=O)Nc1cccc(N[C@@H](C)C(=O)Nc2ccc(F)cc2Cl)c1. The number of halogens is 2. The smallest absolute Gasteiger partial charge is 0.246 e. The molecular formula is C17H17ClFN3O2. The van der Waals surface area contributed by atoms with E-state index in [4.69, 9.17) is 11.6 Å². The lowest BCUT2D eigenvalue weighted by Gasteiger charge is -2.16. The summed E-state index contributed by atoms with van der Waals surface area (Å²) in [5, 5.41) is 8.46. The van der Waals surface area contributed by atoms with Gasteiger partial charge in [-0.05, 0) is 43.3 Å². The van der Waals surface area contributed by atoms with Crippen LogP contribution in [0.25, 0.3) is 0 Å². The molecule has 0 aliphatic heterocycles. The minimum atomic E-state index is -0.571. The zero-order valence-electron chi connectivity index (χ0n) is 13.2. The molecule has 0 spiro atoms. The second-order valence-corrected chi connectivity index (χ2v) is 5.65. The number of nitrogens with one attached hydrogen (secondary N) is 3. The summed E-state index contributed by atoms with van der Waals surface area (Å²) in [5.74, 6) is -0.976. The third kappa shape index (κ3) is 4.96. The Kier molecular flexibility index (Phi) is 5.76. The van der Waals surface area contributed by atoms with Gasteiger partial charge in [0.05, 0.1) is 10.7 Å². The lowest BCUT2D eigenvalue weighted by Crippen LogP contribution is -2.32. The van der Waals surface area contributed by atoms with Crippen molar-refractivity contribution in [3.05, 3.63) is 53.3 Å². The summed E-state index contributed by atoms with van der Waals surface area (Å²) in [6, 6.07) is 10.2. The first kappa shape index (κ1) is 17.7. The van der Waals surface area contributed by atoms with Crippen molar-refractivity contribution >= 4 is 40.5 Å². The van der Waals surface area contributed by atoms with E-state index in [0.717, 1.165) is 6.07 Å². The first-order valence-corrected chi connectivity index (χ1v) is 7.63. The van der Waals surface area contributed by atoms with Crippen LogP contribution in [0.1, 0.15) is 13.8 Å². The van der Waals surface area contributed by atoms with Gasteiger partial charge in [0.2, 0.25) is 11.8 Å². The summed E-state index contributed by atoms with van der Waals surface area (Å²) in [5.41, 5.74) is 1.64. The van der Waals surface area contributed by atoms with E-state index in [2.05, 4.69) is 16.0 Å². The number of benzene rings is 2. The van der Waals surface area contributed by atoms with Crippen LogP contribution in [-0.2, 0) is 9.59 Å². The summed E-state index contributed by atoms with van der Waals surface area (Å²) in [6.45, 7) is 3.10. The number of hydrogen-bond donors (Lipinski definition) is 3. The highest BCUT2D eigenvalue weighted by atomic mass is 35.5. The van der Waals surface area contributed by atoms with Gasteiger partial charge < -0.3 is 16.0 Å². The maximum absolute atomic E-state index is 13.0. The van der Waals surface area contributed by atoms with Crippen molar-refractivity contribution in [2.45, 2.75) is 19.9 Å². The number of carbonyl (C=O) groups excluding carboxylic acids is 2. The van der Waals surface area contributed by atoms with Crippen LogP contribution < -0.4 is 16.0 Å². The average molecular weight is 350 g/mol. The molecule has 0 bridgehead atoms. The van der Waals surface area contributed by atoms with Crippen molar-refractivity contribution in [3.63, 3.8) is 0 Å². The third-order valence-corrected chi connectivity index (χ3v) is 3.46. The molecule has 0 aliphatic carbocycles. The van der Waals surface area contributed by atoms with E-state index in [-0.39, 0.29) is 16.8 Å². The molecule has 0 aliphatic rings. The highest BCUT2D eigenvalue weighted by molar-refractivity contribution is 6.33. The zero-order chi connectivity index (χ0) is 17.7. The van der Waals surface area contributed by atoms with Crippen molar-refractivity contribution in [2.75, 3.05) is 16.0 Å². The Balaban J connectivity index is 2.02. The van der Waals surface area contributed by atoms with Crippen LogP contribution in [0.2, 0.25) is 5.02 Å². The molecule has 24 heavy (non-hydrogen) atoms. The summed E-state index contributed by atoms with van der Waals surface area (Å²) >= 11 is 5.89. The van der Waals surface area contributed by atoms with Gasteiger partial charge in [-0.3, -0.25) is 9.59 Å². The molecule has 0 heterocycles. The van der Waals surface area contributed by atoms with Gasteiger partial charge in [0.1, 0.15) is 11.9 Å². The molecular weight excluding hydrogens is 333 g/mol. The topological polar surface area (TPSA) is 70.2 Å². The van der Waals surface area contributed by atoms with Crippen molar-refractivity contribution in [1.29, 1.82) is 0 Å². The molecule has 126 valence electrons. The molecule has 0 saturated carbocycles. The molecule has 0 radical (unpaired) electrons. The van der Waals surface area contributed by atoms with Crippen molar-refractivity contribution in [2.24, 2.45) is 0 Å². The summed E-state index contributed by atoms with van der Waals surface area (Å²) in [7, 11) is 0. The zero-order valence-corrected chi connectivity index (χ0v) is 13.9. The molecule has 1 atom stereocenters. The lowest BCUT2D eigenvalue weighted by atomic mass is 10.2. The Morgan fingerprint density at radius 3 is 2.46 bits per heavy atom. The average Bonchev–Trinajstić information content (AvgIpc) is 2.49. The molecule has 7 heteroatoms. The van der Waals surface area contributed by atoms with Crippen LogP contribution in [0, 0.1) is 5.82 Å². The van der Waals surface area contributed by atoms with Crippen molar-refractivity contribution in [3.8, 4) is 0 Å². The standard InChI is InChI=1S/C17H17ClFN3O2/c1-10(17(24)22-16-7-6-12(19)8-15(16)18)20-13-4-3-5-14(9-13)21-11(2)23/h3-10,20H,1-2H3,(H,21,23)(H,22,24)/t10-/m0/s1.